The number of amides is 1. The van der Waals surface area contributed by atoms with E-state index >= 15 is 0 Å². The van der Waals surface area contributed by atoms with Crippen molar-refractivity contribution in [3.8, 4) is 0 Å². The lowest BCUT2D eigenvalue weighted by molar-refractivity contribution is -0.119. The van der Waals surface area contributed by atoms with Gasteiger partial charge in [-0.15, -0.1) is 0 Å². The van der Waals surface area contributed by atoms with Crippen LogP contribution in [0.25, 0.3) is 0 Å². The Morgan fingerprint density at radius 2 is 2.44 bits per heavy atom. The van der Waals surface area contributed by atoms with Crippen LogP contribution in [0.2, 0.25) is 0 Å². The molecule has 1 amide bonds. The minimum atomic E-state index is -0.341. The maximum Gasteiger partial charge on any atom is 0.228 e. The molecule has 1 aromatic carbocycles. The normalized spacial score (nSPS) is 19.6. The van der Waals surface area contributed by atoms with E-state index in [-0.39, 0.29) is 17.8 Å². The van der Waals surface area contributed by atoms with Gasteiger partial charge in [0.25, 0.3) is 0 Å². The molecule has 98 valence electrons. The maximum absolute atomic E-state index is 13.1. The summed E-state index contributed by atoms with van der Waals surface area (Å²) < 4.78 is 18.4. The van der Waals surface area contributed by atoms with Crippen LogP contribution in [0.4, 0.5) is 10.1 Å². The van der Waals surface area contributed by atoms with Crippen molar-refractivity contribution in [2.75, 3.05) is 31.7 Å². The summed E-state index contributed by atoms with van der Waals surface area (Å²) in [4.78, 5) is 13.5. The Morgan fingerprint density at radius 1 is 1.61 bits per heavy atom. The number of hydrogen-bond donors (Lipinski definition) is 1. The summed E-state index contributed by atoms with van der Waals surface area (Å²) in [5.41, 5.74) is 0.566. The van der Waals surface area contributed by atoms with Gasteiger partial charge in [-0.2, -0.15) is 0 Å². The molecule has 1 aromatic rings. The Labute approximate surface area is 106 Å². The molecule has 1 N–H and O–H groups in total. The average molecular weight is 252 g/mol. The molecule has 5 heteroatoms. The summed E-state index contributed by atoms with van der Waals surface area (Å²) in [7, 11) is 1.65. The van der Waals surface area contributed by atoms with E-state index in [1.807, 2.05) is 0 Å². The second kappa shape index (κ2) is 5.93. The minimum absolute atomic E-state index is 0.0438. The topological polar surface area (TPSA) is 41.6 Å². The quantitative estimate of drug-likeness (QED) is 0.878. The Bertz CT molecular complexity index is 419. The van der Waals surface area contributed by atoms with E-state index in [1.54, 1.807) is 19.2 Å². The molecule has 0 saturated carbocycles. The zero-order chi connectivity index (χ0) is 13.0. The fraction of sp³-hybridized carbons (Fsp3) is 0.462. The van der Waals surface area contributed by atoms with Crippen molar-refractivity contribution in [2.24, 2.45) is 0 Å². The molecule has 1 aliphatic heterocycles. The summed E-state index contributed by atoms with van der Waals surface area (Å²) in [6.45, 7) is 1.99. The highest BCUT2D eigenvalue weighted by Crippen LogP contribution is 2.15. The van der Waals surface area contributed by atoms with Crippen LogP contribution in [0.3, 0.4) is 0 Å². The average Bonchev–Trinajstić information content (AvgIpc) is 2.39. The fourth-order valence-electron chi connectivity index (χ4n) is 1.93. The number of nitrogens with zero attached hydrogens (tertiary/aromatic N) is 1. The first-order valence-electron chi connectivity index (χ1n) is 6.00. The Hall–Kier alpha value is -1.46. The van der Waals surface area contributed by atoms with Crippen molar-refractivity contribution < 1.29 is 13.9 Å². The van der Waals surface area contributed by atoms with Gasteiger partial charge in [0.2, 0.25) is 5.91 Å². The van der Waals surface area contributed by atoms with Crippen LogP contribution in [0.15, 0.2) is 24.3 Å². The van der Waals surface area contributed by atoms with Gasteiger partial charge in [0.05, 0.1) is 13.2 Å². The summed E-state index contributed by atoms with van der Waals surface area (Å²) in [6, 6.07) is 6.06. The number of rotatable bonds is 3. The number of anilines is 1. The van der Waals surface area contributed by atoms with Crippen molar-refractivity contribution >= 4 is 11.6 Å². The van der Waals surface area contributed by atoms with E-state index in [9.17, 15) is 9.18 Å². The Balaban J connectivity index is 1.95. The SMILES string of the molecule is CN(C(=O)CC1COCCN1)c1cccc(F)c1. The van der Waals surface area contributed by atoms with Gasteiger partial charge in [-0.25, -0.2) is 4.39 Å². The number of carbonyl (C=O) groups excluding carboxylic acids is 1. The number of morpholine rings is 1. The summed E-state index contributed by atoms with van der Waals surface area (Å²) in [6.07, 6.45) is 0.354. The van der Waals surface area contributed by atoms with Gasteiger partial charge in [0, 0.05) is 31.7 Å². The first-order chi connectivity index (χ1) is 8.66. The summed E-state index contributed by atoms with van der Waals surface area (Å²) in [5.74, 6) is -0.394. The van der Waals surface area contributed by atoms with E-state index in [2.05, 4.69) is 5.32 Å². The highest BCUT2D eigenvalue weighted by molar-refractivity contribution is 5.93. The molecule has 1 saturated heterocycles. The largest absolute Gasteiger partial charge is 0.378 e. The molecule has 4 nitrogen and oxygen atoms in total. The van der Waals surface area contributed by atoms with E-state index in [0.717, 1.165) is 6.54 Å². The molecule has 1 fully saturated rings. The molecule has 1 heterocycles. The van der Waals surface area contributed by atoms with E-state index in [0.29, 0.717) is 25.3 Å². The third-order valence-corrected chi connectivity index (χ3v) is 2.99. The zero-order valence-electron chi connectivity index (χ0n) is 10.4. The van der Waals surface area contributed by atoms with Crippen LogP contribution in [-0.4, -0.2) is 38.8 Å². The molecule has 2 rings (SSSR count). The Kier molecular flexibility index (Phi) is 4.28. The number of carbonyl (C=O) groups is 1. The molecular formula is C13H17FN2O2. The molecule has 0 aliphatic carbocycles. The molecular weight excluding hydrogens is 235 g/mol. The predicted molar refractivity (Wildman–Crippen MR) is 67.0 cm³/mol. The number of benzene rings is 1. The van der Waals surface area contributed by atoms with Gasteiger partial charge in [-0.1, -0.05) is 6.07 Å². The standard InChI is InChI=1S/C13H17FN2O2/c1-16(12-4-2-3-10(14)7-12)13(17)8-11-9-18-6-5-15-11/h2-4,7,11,15H,5-6,8-9H2,1H3. The van der Waals surface area contributed by atoms with Crippen molar-refractivity contribution in [1.82, 2.24) is 5.32 Å². The number of ether oxygens (including phenoxy) is 1. The Morgan fingerprint density at radius 3 is 3.11 bits per heavy atom. The van der Waals surface area contributed by atoms with E-state index < -0.39 is 0 Å². The van der Waals surface area contributed by atoms with Crippen LogP contribution in [0.5, 0.6) is 0 Å². The first-order valence-corrected chi connectivity index (χ1v) is 6.00. The van der Waals surface area contributed by atoms with Gasteiger partial charge in [0.15, 0.2) is 0 Å². The molecule has 1 unspecified atom stereocenters. The maximum atomic E-state index is 13.1. The number of nitrogens with one attached hydrogen (secondary N) is 1. The predicted octanol–water partition coefficient (Wildman–Crippen LogP) is 1.17. The highest BCUT2D eigenvalue weighted by atomic mass is 19.1. The van der Waals surface area contributed by atoms with Gasteiger partial charge in [-0.05, 0) is 18.2 Å². The minimum Gasteiger partial charge on any atom is -0.378 e. The van der Waals surface area contributed by atoms with Crippen molar-refractivity contribution in [3.05, 3.63) is 30.1 Å². The van der Waals surface area contributed by atoms with Crippen LogP contribution in [0.1, 0.15) is 6.42 Å². The molecule has 0 bridgehead atoms. The summed E-state index contributed by atoms with van der Waals surface area (Å²) in [5, 5.41) is 3.22. The van der Waals surface area contributed by atoms with Gasteiger partial charge in [-0.3, -0.25) is 4.79 Å². The molecule has 0 spiro atoms. The molecule has 18 heavy (non-hydrogen) atoms. The lowest BCUT2D eigenvalue weighted by Gasteiger charge is -2.25. The van der Waals surface area contributed by atoms with Gasteiger partial charge >= 0.3 is 0 Å². The third-order valence-electron chi connectivity index (χ3n) is 2.99. The zero-order valence-corrected chi connectivity index (χ0v) is 10.4. The van der Waals surface area contributed by atoms with E-state index in [1.165, 1.54) is 17.0 Å². The number of hydrogen-bond acceptors (Lipinski definition) is 3. The monoisotopic (exact) mass is 252 g/mol. The lowest BCUT2D eigenvalue weighted by Crippen LogP contribution is -2.44. The first kappa shape index (κ1) is 13.0. The third kappa shape index (κ3) is 3.27. The van der Waals surface area contributed by atoms with Gasteiger partial charge in [0.1, 0.15) is 5.82 Å². The highest BCUT2D eigenvalue weighted by Gasteiger charge is 2.20. The van der Waals surface area contributed by atoms with Crippen LogP contribution < -0.4 is 10.2 Å². The van der Waals surface area contributed by atoms with Crippen LogP contribution in [-0.2, 0) is 9.53 Å². The van der Waals surface area contributed by atoms with Crippen molar-refractivity contribution in [2.45, 2.75) is 12.5 Å². The molecule has 0 aromatic heterocycles. The molecule has 1 aliphatic rings. The molecule has 0 radical (unpaired) electrons. The fourth-order valence-corrected chi connectivity index (χ4v) is 1.93. The lowest BCUT2D eigenvalue weighted by atomic mass is 10.1. The van der Waals surface area contributed by atoms with Crippen molar-refractivity contribution in [3.63, 3.8) is 0 Å². The van der Waals surface area contributed by atoms with Crippen molar-refractivity contribution in [1.29, 1.82) is 0 Å². The second-order valence-electron chi connectivity index (χ2n) is 4.36. The van der Waals surface area contributed by atoms with E-state index in [4.69, 9.17) is 4.74 Å². The smallest absolute Gasteiger partial charge is 0.228 e. The summed E-state index contributed by atoms with van der Waals surface area (Å²) >= 11 is 0. The second-order valence-corrected chi connectivity index (χ2v) is 4.36. The number of halogens is 1. The van der Waals surface area contributed by atoms with Crippen LogP contribution in [0, 0.1) is 5.82 Å². The van der Waals surface area contributed by atoms with Crippen LogP contribution >= 0.6 is 0 Å². The van der Waals surface area contributed by atoms with Gasteiger partial charge < -0.3 is 15.0 Å². The molecule has 1 atom stereocenters.